The molecule has 1 aromatic heterocycles. The fraction of sp³-hybridized carbons (Fsp3) is 0.409. The van der Waals surface area contributed by atoms with Gasteiger partial charge in [0, 0.05) is 18.0 Å². The molecule has 0 radical (unpaired) electrons. The molecule has 0 N–H and O–H groups in total. The summed E-state index contributed by atoms with van der Waals surface area (Å²) in [6.07, 6.45) is 4.14. The van der Waals surface area contributed by atoms with Gasteiger partial charge < -0.3 is 9.47 Å². The predicted molar refractivity (Wildman–Crippen MR) is 105 cm³/mol. The minimum atomic E-state index is -1.44. The van der Waals surface area contributed by atoms with Crippen molar-refractivity contribution >= 4 is 17.6 Å². The number of carbonyl (C=O) groups is 2. The lowest BCUT2D eigenvalue weighted by Gasteiger charge is -2.62. The zero-order valence-electron chi connectivity index (χ0n) is 16.6. The van der Waals surface area contributed by atoms with Crippen LogP contribution in [-0.4, -0.2) is 42.2 Å². The van der Waals surface area contributed by atoms with Crippen LogP contribution in [0.3, 0.4) is 0 Å². The zero-order valence-corrected chi connectivity index (χ0v) is 16.6. The summed E-state index contributed by atoms with van der Waals surface area (Å²) in [6.45, 7) is 0. The number of esters is 2. The average Bonchev–Trinajstić information content (AvgIpc) is 3.42. The smallest absolute Gasteiger partial charge is 0.339 e. The first kappa shape index (κ1) is 17.6. The molecule has 0 amide bonds. The van der Waals surface area contributed by atoms with Crippen molar-refractivity contribution in [2.75, 3.05) is 19.2 Å². The van der Waals surface area contributed by atoms with Crippen molar-refractivity contribution in [3.05, 3.63) is 59.9 Å². The Bertz CT molecular complexity index is 1110. The van der Waals surface area contributed by atoms with Gasteiger partial charge in [-0.25, -0.2) is 14.6 Å². The predicted octanol–water partition coefficient (Wildman–Crippen LogP) is 2.62. The molecule has 6 atom stereocenters. The molecule has 0 unspecified atom stereocenters. The van der Waals surface area contributed by atoms with E-state index in [-0.39, 0.29) is 23.7 Å². The van der Waals surface area contributed by atoms with Gasteiger partial charge in [0.05, 0.1) is 26.1 Å². The lowest BCUT2D eigenvalue weighted by molar-refractivity contribution is -0.185. The number of carbonyl (C=O) groups excluding carboxylic acids is 2. The van der Waals surface area contributed by atoms with E-state index in [1.807, 2.05) is 12.1 Å². The van der Waals surface area contributed by atoms with Crippen LogP contribution in [0, 0.1) is 11.8 Å². The molecular weight excluding hydrogens is 384 g/mol. The minimum absolute atomic E-state index is 0.121. The second kappa shape index (κ2) is 5.65. The van der Waals surface area contributed by atoms with Crippen LogP contribution in [0.4, 0.5) is 5.69 Å². The third-order valence-electron chi connectivity index (χ3n) is 7.61. The number of nitrogens with zero attached hydrogens (tertiary/aromatic N) is 4. The quantitative estimate of drug-likeness (QED) is 0.577. The Hall–Kier alpha value is -3.29. The fourth-order valence-corrected chi connectivity index (χ4v) is 6.80. The third kappa shape index (κ3) is 1.62. The molecule has 2 fully saturated rings. The van der Waals surface area contributed by atoms with E-state index >= 15 is 0 Å². The number of rotatable bonds is 3. The zero-order chi connectivity index (χ0) is 20.7. The monoisotopic (exact) mass is 404 g/mol. The number of fused-ring (bicyclic) bond motifs is 11. The maximum atomic E-state index is 13.5. The van der Waals surface area contributed by atoms with Crippen LogP contribution in [0.25, 0.3) is 0 Å². The van der Waals surface area contributed by atoms with Gasteiger partial charge in [0.25, 0.3) is 0 Å². The van der Waals surface area contributed by atoms with Crippen LogP contribution in [0.15, 0.2) is 59.1 Å². The first-order valence-corrected chi connectivity index (χ1v) is 10.0. The van der Waals surface area contributed by atoms with Crippen LogP contribution >= 0.6 is 0 Å². The number of methoxy groups -OCH3 is 2. The van der Waals surface area contributed by atoms with Crippen LogP contribution in [-0.2, 0) is 19.1 Å². The van der Waals surface area contributed by atoms with Gasteiger partial charge >= 0.3 is 11.9 Å². The highest BCUT2D eigenvalue weighted by Gasteiger charge is 2.91. The van der Waals surface area contributed by atoms with E-state index in [0.717, 1.165) is 6.42 Å². The fourth-order valence-electron chi connectivity index (χ4n) is 6.80. The summed E-state index contributed by atoms with van der Waals surface area (Å²) in [5, 5.41) is 10.4. The lowest BCUT2D eigenvalue weighted by Crippen LogP contribution is -2.84. The minimum Gasteiger partial charge on any atom is -0.467 e. The molecule has 1 aliphatic heterocycles. The molecule has 2 aromatic rings. The molecule has 30 heavy (non-hydrogen) atoms. The Morgan fingerprint density at radius 2 is 1.70 bits per heavy atom. The number of aromatic nitrogens is 1. The SMILES string of the molecule is COC(=O)[C@@]12[C@@H]3[C@@H]([C@H]4C[C@@H]3c3ccccc34)[C@]1(C(=O)OC)N=NN2c1cccnc1. The van der Waals surface area contributed by atoms with Crippen molar-refractivity contribution in [2.24, 2.45) is 22.2 Å². The Labute approximate surface area is 172 Å². The largest absolute Gasteiger partial charge is 0.467 e. The van der Waals surface area contributed by atoms with Crippen molar-refractivity contribution < 1.29 is 19.1 Å². The van der Waals surface area contributed by atoms with Crippen molar-refractivity contribution in [1.82, 2.24) is 4.98 Å². The topological polar surface area (TPSA) is 93.5 Å². The van der Waals surface area contributed by atoms with E-state index in [1.165, 1.54) is 25.3 Å². The molecule has 0 spiro atoms. The molecular formula is C22H20N4O4. The number of anilines is 1. The van der Waals surface area contributed by atoms with Gasteiger partial charge in [-0.3, -0.25) is 4.98 Å². The second-order valence-electron chi connectivity index (χ2n) is 8.36. The first-order chi connectivity index (χ1) is 14.6. The van der Waals surface area contributed by atoms with E-state index < -0.39 is 23.0 Å². The number of hydrogen-bond acceptors (Lipinski definition) is 8. The maximum absolute atomic E-state index is 13.5. The van der Waals surface area contributed by atoms with Crippen molar-refractivity contribution in [2.45, 2.75) is 29.3 Å². The van der Waals surface area contributed by atoms with E-state index in [1.54, 1.807) is 29.5 Å². The third-order valence-corrected chi connectivity index (χ3v) is 7.61. The Balaban J connectivity index is 1.61. The molecule has 3 aliphatic carbocycles. The molecule has 2 heterocycles. The number of hydrogen-bond donors (Lipinski definition) is 0. The first-order valence-electron chi connectivity index (χ1n) is 10.0. The molecule has 8 nitrogen and oxygen atoms in total. The molecule has 4 aliphatic rings. The van der Waals surface area contributed by atoms with Gasteiger partial charge in [-0.2, -0.15) is 0 Å². The van der Waals surface area contributed by atoms with Crippen molar-refractivity contribution in [1.29, 1.82) is 0 Å². The van der Waals surface area contributed by atoms with Crippen LogP contribution < -0.4 is 5.01 Å². The molecule has 8 heteroatoms. The van der Waals surface area contributed by atoms with Gasteiger partial charge in [0.15, 0.2) is 0 Å². The summed E-state index contributed by atoms with van der Waals surface area (Å²) in [6, 6.07) is 11.8. The summed E-state index contributed by atoms with van der Waals surface area (Å²) in [7, 11) is 2.67. The molecule has 1 aromatic carbocycles. The molecule has 2 saturated carbocycles. The number of pyridine rings is 1. The van der Waals surface area contributed by atoms with Gasteiger partial charge in [0.2, 0.25) is 11.1 Å². The highest BCUT2D eigenvalue weighted by atomic mass is 16.5. The highest BCUT2D eigenvalue weighted by molar-refractivity contribution is 6.03. The molecule has 2 bridgehead atoms. The normalized spacial score (nSPS) is 36.5. The van der Waals surface area contributed by atoms with Gasteiger partial charge in [-0.1, -0.05) is 29.5 Å². The van der Waals surface area contributed by atoms with Gasteiger partial charge in [0.1, 0.15) is 0 Å². The molecule has 6 rings (SSSR count). The van der Waals surface area contributed by atoms with Crippen molar-refractivity contribution in [3.63, 3.8) is 0 Å². The summed E-state index contributed by atoms with van der Waals surface area (Å²) < 4.78 is 10.5. The number of benzene rings is 1. The Kier molecular flexibility index (Phi) is 3.31. The average molecular weight is 404 g/mol. The molecule has 0 saturated heterocycles. The highest BCUT2D eigenvalue weighted by Crippen LogP contribution is 2.77. The Morgan fingerprint density at radius 1 is 1.00 bits per heavy atom. The van der Waals surface area contributed by atoms with Gasteiger partial charge in [-0.05, 0) is 41.5 Å². The Morgan fingerprint density at radius 3 is 2.33 bits per heavy atom. The van der Waals surface area contributed by atoms with Crippen LogP contribution in [0.2, 0.25) is 0 Å². The van der Waals surface area contributed by atoms with Gasteiger partial charge in [-0.15, -0.1) is 5.11 Å². The molecule has 152 valence electrons. The van der Waals surface area contributed by atoms with Crippen LogP contribution in [0.5, 0.6) is 0 Å². The standard InChI is InChI=1S/C22H20N4O4/c1-29-19(27)21-17-15-10-16(14-8-4-3-7-13(14)15)18(17)22(21,20(28)30-2)26(25-24-21)12-6-5-9-23-11-12/h3-9,11,15-18H,10H2,1-2H3/t15-,16+,17+,18-,21+,22-/m0/s1. The second-order valence-corrected chi connectivity index (χ2v) is 8.36. The van der Waals surface area contributed by atoms with Crippen LogP contribution in [0.1, 0.15) is 29.4 Å². The van der Waals surface area contributed by atoms with E-state index in [9.17, 15) is 9.59 Å². The summed E-state index contributed by atoms with van der Waals surface area (Å²) in [5.41, 5.74) is 0.230. The van der Waals surface area contributed by atoms with Crippen molar-refractivity contribution in [3.8, 4) is 0 Å². The maximum Gasteiger partial charge on any atom is 0.339 e. The number of ether oxygens (including phenoxy) is 2. The van der Waals surface area contributed by atoms with E-state index in [0.29, 0.717) is 5.69 Å². The summed E-state index contributed by atoms with van der Waals surface area (Å²) in [5.74, 6) is -1.16. The summed E-state index contributed by atoms with van der Waals surface area (Å²) in [4.78, 5) is 31.0. The summed E-state index contributed by atoms with van der Waals surface area (Å²) >= 11 is 0. The van der Waals surface area contributed by atoms with E-state index in [2.05, 4.69) is 27.5 Å². The van der Waals surface area contributed by atoms with E-state index in [4.69, 9.17) is 9.47 Å². The lowest BCUT2D eigenvalue weighted by atomic mass is 9.42.